The molecule has 2 unspecified atom stereocenters. The molecule has 1 aliphatic rings. The monoisotopic (exact) mass is 112 g/mol. The van der Waals surface area contributed by atoms with Crippen LogP contribution < -0.4 is 0 Å². The Morgan fingerprint density at radius 3 is 2.62 bits per heavy atom. The first kappa shape index (κ1) is 5.44. The average molecular weight is 112 g/mol. The van der Waals surface area contributed by atoms with Crippen LogP contribution in [0.3, 0.4) is 0 Å². The third kappa shape index (κ3) is 0.767. The van der Waals surface area contributed by atoms with Gasteiger partial charge in [-0.2, -0.15) is 0 Å². The zero-order valence-electron chi connectivity index (χ0n) is 4.79. The number of nitrogens with zero attached hydrogens (tertiary/aromatic N) is 2. The van der Waals surface area contributed by atoms with Crippen LogP contribution in [-0.4, -0.2) is 37.2 Å². The van der Waals surface area contributed by atoms with Crippen molar-refractivity contribution in [3.05, 3.63) is 0 Å². The lowest BCUT2D eigenvalue weighted by Gasteiger charge is -1.84. The van der Waals surface area contributed by atoms with E-state index in [1.165, 1.54) is 0 Å². The number of rotatable bonds is 1. The molecule has 0 bridgehead atoms. The third-order valence-corrected chi connectivity index (χ3v) is 1.30. The van der Waals surface area contributed by atoms with Crippen LogP contribution in [0.2, 0.25) is 0 Å². The third-order valence-electron chi connectivity index (χ3n) is 1.30. The normalized spacial score (nSPS) is 34.1. The Morgan fingerprint density at radius 2 is 2.50 bits per heavy atom. The Balaban J connectivity index is 2.39. The van der Waals surface area contributed by atoms with Gasteiger partial charge < -0.3 is 0 Å². The zero-order chi connectivity index (χ0) is 6.15. The smallest absolute Gasteiger partial charge is 0.263 e. The molecule has 0 aromatic carbocycles. The van der Waals surface area contributed by atoms with Crippen molar-refractivity contribution in [1.29, 1.82) is 0 Å². The van der Waals surface area contributed by atoms with Gasteiger partial charge in [-0.25, -0.2) is 4.99 Å². The minimum atomic E-state index is -0.104. The SMILES string of the molecule is C=NC(=O)C1CN1C. The van der Waals surface area contributed by atoms with E-state index in [0.717, 1.165) is 6.54 Å². The van der Waals surface area contributed by atoms with Crippen molar-refractivity contribution in [2.45, 2.75) is 6.04 Å². The number of amides is 1. The molecular weight excluding hydrogens is 104 g/mol. The summed E-state index contributed by atoms with van der Waals surface area (Å²) in [7, 11) is 1.88. The molecule has 1 rings (SSSR count). The van der Waals surface area contributed by atoms with Crippen LogP contribution in [0.25, 0.3) is 0 Å². The van der Waals surface area contributed by atoms with Crippen molar-refractivity contribution in [3.8, 4) is 0 Å². The Bertz CT molecular complexity index is 132. The van der Waals surface area contributed by atoms with E-state index in [4.69, 9.17) is 0 Å². The molecular formula is C5H8N2O. The number of aliphatic imine (C=N–C) groups is 1. The molecule has 1 amide bonds. The van der Waals surface area contributed by atoms with Crippen LogP contribution in [0.1, 0.15) is 0 Å². The predicted molar refractivity (Wildman–Crippen MR) is 31.0 cm³/mol. The molecule has 0 aromatic rings. The lowest BCUT2D eigenvalue weighted by molar-refractivity contribution is -0.117. The first-order valence-electron chi connectivity index (χ1n) is 2.46. The van der Waals surface area contributed by atoms with Gasteiger partial charge in [0.1, 0.15) is 6.04 Å². The van der Waals surface area contributed by atoms with E-state index in [2.05, 4.69) is 11.7 Å². The number of hydrogen-bond donors (Lipinski definition) is 0. The Kier molecular flexibility index (Phi) is 1.13. The van der Waals surface area contributed by atoms with Crippen LogP contribution in [0.5, 0.6) is 0 Å². The van der Waals surface area contributed by atoms with Gasteiger partial charge in [0.2, 0.25) is 0 Å². The van der Waals surface area contributed by atoms with E-state index >= 15 is 0 Å². The molecule has 0 radical (unpaired) electrons. The van der Waals surface area contributed by atoms with Crippen molar-refractivity contribution in [2.75, 3.05) is 13.6 Å². The number of carbonyl (C=O) groups is 1. The minimum Gasteiger partial charge on any atom is -0.292 e. The quantitative estimate of drug-likeness (QED) is 0.339. The molecule has 3 heteroatoms. The molecule has 0 aromatic heterocycles. The van der Waals surface area contributed by atoms with Gasteiger partial charge in [0.25, 0.3) is 5.91 Å². The van der Waals surface area contributed by atoms with Crippen molar-refractivity contribution < 1.29 is 4.79 Å². The lowest BCUT2D eigenvalue weighted by Crippen LogP contribution is -2.06. The summed E-state index contributed by atoms with van der Waals surface area (Å²) in [4.78, 5) is 15.7. The Labute approximate surface area is 48.0 Å². The maximum absolute atomic E-state index is 10.5. The molecule has 2 atom stereocenters. The standard InChI is InChI=1S/C5H8N2O/c1-6-5(8)4-3-7(4)2/h4H,1,3H2,2H3. The Morgan fingerprint density at radius 1 is 2.00 bits per heavy atom. The Hall–Kier alpha value is -0.700. The molecule has 0 saturated carbocycles. The summed E-state index contributed by atoms with van der Waals surface area (Å²) in [6, 6.07) is 0.0486. The predicted octanol–water partition coefficient (Wildman–Crippen LogP) is -0.472. The molecule has 0 aliphatic carbocycles. The highest BCUT2D eigenvalue weighted by Gasteiger charge is 2.35. The van der Waals surface area contributed by atoms with Crippen molar-refractivity contribution in [3.63, 3.8) is 0 Å². The van der Waals surface area contributed by atoms with E-state index < -0.39 is 0 Å². The summed E-state index contributed by atoms with van der Waals surface area (Å²) in [6.07, 6.45) is 0. The first-order valence-corrected chi connectivity index (χ1v) is 2.46. The fourth-order valence-corrected chi connectivity index (χ4v) is 0.598. The molecule has 8 heavy (non-hydrogen) atoms. The van der Waals surface area contributed by atoms with Gasteiger partial charge >= 0.3 is 0 Å². The number of carbonyl (C=O) groups excluding carboxylic acids is 1. The first-order chi connectivity index (χ1) is 3.75. The summed E-state index contributed by atoms with van der Waals surface area (Å²) in [6.45, 7) is 3.98. The zero-order valence-corrected chi connectivity index (χ0v) is 4.79. The van der Waals surface area contributed by atoms with Crippen LogP contribution in [0.15, 0.2) is 4.99 Å². The summed E-state index contributed by atoms with van der Waals surface area (Å²) < 4.78 is 0. The van der Waals surface area contributed by atoms with Crippen LogP contribution in [0, 0.1) is 0 Å². The van der Waals surface area contributed by atoms with Crippen molar-refractivity contribution in [2.24, 2.45) is 4.99 Å². The molecule has 44 valence electrons. The van der Waals surface area contributed by atoms with Crippen molar-refractivity contribution >= 4 is 12.6 Å². The van der Waals surface area contributed by atoms with Gasteiger partial charge in [0.15, 0.2) is 0 Å². The highest BCUT2D eigenvalue weighted by Crippen LogP contribution is 2.13. The second-order valence-electron chi connectivity index (χ2n) is 1.95. The summed E-state index contributed by atoms with van der Waals surface area (Å²) >= 11 is 0. The molecule has 1 heterocycles. The van der Waals surface area contributed by atoms with Crippen LogP contribution >= 0.6 is 0 Å². The van der Waals surface area contributed by atoms with Crippen LogP contribution in [0.4, 0.5) is 0 Å². The molecule has 0 spiro atoms. The fraction of sp³-hybridized carbons (Fsp3) is 0.600. The molecule has 3 nitrogen and oxygen atoms in total. The van der Waals surface area contributed by atoms with Gasteiger partial charge in [-0.15, -0.1) is 0 Å². The molecule has 1 aliphatic heterocycles. The maximum Gasteiger partial charge on any atom is 0.263 e. The minimum absolute atomic E-state index is 0.0486. The summed E-state index contributed by atoms with van der Waals surface area (Å²) in [5.74, 6) is -0.104. The van der Waals surface area contributed by atoms with Gasteiger partial charge in [-0.3, -0.25) is 9.69 Å². The second kappa shape index (κ2) is 1.67. The highest BCUT2D eigenvalue weighted by molar-refractivity contribution is 5.88. The van der Waals surface area contributed by atoms with Crippen molar-refractivity contribution in [1.82, 2.24) is 4.90 Å². The second-order valence-corrected chi connectivity index (χ2v) is 1.95. The van der Waals surface area contributed by atoms with E-state index in [0.29, 0.717) is 0 Å². The van der Waals surface area contributed by atoms with E-state index in [1.54, 1.807) is 0 Å². The molecule has 1 fully saturated rings. The summed E-state index contributed by atoms with van der Waals surface area (Å²) in [5, 5.41) is 0. The number of hydrogen-bond acceptors (Lipinski definition) is 2. The van der Waals surface area contributed by atoms with Gasteiger partial charge in [0.05, 0.1) is 0 Å². The molecule has 1 saturated heterocycles. The molecule has 0 N–H and O–H groups in total. The largest absolute Gasteiger partial charge is 0.292 e. The van der Waals surface area contributed by atoms with E-state index in [9.17, 15) is 4.79 Å². The fourth-order valence-electron chi connectivity index (χ4n) is 0.598. The van der Waals surface area contributed by atoms with Gasteiger partial charge in [-0.05, 0) is 13.8 Å². The van der Waals surface area contributed by atoms with E-state index in [-0.39, 0.29) is 11.9 Å². The van der Waals surface area contributed by atoms with E-state index in [1.807, 2.05) is 11.9 Å². The lowest BCUT2D eigenvalue weighted by atomic mass is 10.5. The number of likely N-dealkylation sites (N-methyl/N-ethyl adjacent to an activating group) is 1. The highest BCUT2D eigenvalue weighted by atomic mass is 16.2. The maximum atomic E-state index is 10.5. The van der Waals surface area contributed by atoms with Gasteiger partial charge in [-0.1, -0.05) is 0 Å². The van der Waals surface area contributed by atoms with Crippen LogP contribution in [-0.2, 0) is 4.79 Å². The summed E-state index contributed by atoms with van der Waals surface area (Å²) in [5.41, 5.74) is 0. The topological polar surface area (TPSA) is 32.4 Å². The van der Waals surface area contributed by atoms with Gasteiger partial charge in [0, 0.05) is 6.54 Å². The average Bonchev–Trinajstić information content (AvgIpc) is 2.45.